The van der Waals surface area contributed by atoms with E-state index in [1.54, 1.807) is 20.3 Å². The number of urea groups is 1. The summed E-state index contributed by atoms with van der Waals surface area (Å²) in [5, 5.41) is 4.01. The number of hydrogen-bond acceptors (Lipinski definition) is 3. The Morgan fingerprint density at radius 2 is 1.96 bits per heavy atom. The quantitative estimate of drug-likeness (QED) is 0.921. The zero-order valence-corrected chi connectivity index (χ0v) is 15.8. The molecule has 3 amide bonds. The topological polar surface area (TPSA) is 65.5 Å². The molecule has 2 atom stereocenters. The molecule has 1 N–H and O–H groups in total. The lowest BCUT2D eigenvalue weighted by molar-refractivity contribution is 0.0782. The molecule has 0 bridgehead atoms. The standard InChI is InChI=1S/C20H26N4O2/c1-13(2)16-11-24(12-18(16)22-20(26)23(3)4)19(25)15-9-14-7-5-6-8-17(14)21-10-15/h5-10,13,16,18H,11-12H2,1-4H3,(H,22,26). The average Bonchev–Trinajstić information content (AvgIpc) is 3.04. The van der Waals surface area contributed by atoms with E-state index >= 15 is 0 Å². The smallest absolute Gasteiger partial charge is 0.317 e. The molecule has 1 aliphatic heterocycles. The van der Waals surface area contributed by atoms with Crippen LogP contribution in [0.4, 0.5) is 4.79 Å². The molecule has 1 aliphatic rings. The van der Waals surface area contributed by atoms with Crippen LogP contribution in [0.25, 0.3) is 10.9 Å². The monoisotopic (exact) mass is 354 g/mol. The van der Waals surface area contributed by atoms with Crippen molar-refractivity contribution >= 4 is 22.8 Å². The number of likely N-dealkylation sites (tertiary alicyclic amines) is 1. The third kappa shape index (κ3) is 3.64. The Morgan fingerprint density at radius 3 is 2.65 bits per heavy atom. The molecule has 1 fully saturated rings. The van der Waals surface area contributed by atoms with Crippen molar-refractivity contribution in [2.45, 2.75) is 19.9 Å². The molecule has 0 aliphatic carbocycles. The molecule has 138 valence electrons. The maximum atomic E-state index is 13.0. The van der Waals surface area contributed by atoms with Gasteiger partial charge in [-0.05, 0) is 18.1 Å². The van der Waals surface area contributed by atoms with Gasteiger partial charge in [-0.3, -0.25) is 9.78 Å². The Balaban J connectivity index is 1.79. The van der Waals surface area contributed by atoms with Crippen LogP contribution >= 0.6 is 0 Å². The summed E-state index contributed by atoms with van der Waals surface area (Å²) < 4.78 is 0. The number of para-hydroxylation sites is 1. The Bertz CT molecular complexity index is 818. The fourth-order valence-corrected chi connectivity index (χ4v) is 3.48. The molecular formula is C20H26N4O2. The van der Waals surface area contributed by atoms with E-state index in [-0.39, 0.29) is 23.9 Å². The van der Waals surface area contributed by atoms with Crippen molar-refractivity contribution < 1.29 is 9.59 Å². The number of nitrogens with zero attached hydrogens (tertiary/aromatic N) is 3. The Morgan fingerprint density at radius 1 is 1.23 bits per heavy atom. The predicted molar refractivity (Wildman–Crippen MR) is 102 cm³/mol. The highest BCUT2D eigenvalue weighted by molar-refractivity contribution is 5.97. The second kappa shape index (κ2) is 7.32. The summed E-state index contributed by atoms with van der Waals surface area (Å²) in [5.41, 5.74) is 1.47. The van der Waals surface area contributed by atoms with Gasteiger partial charge in [0.2, 0.25) is 0 Å². The normalized spacial score (nSPS) is 19.8. The van der Waals surface area contributed by atoms with E-state index in [1.165, 1.54) is 4.90 Å². The molecular weight excluding hydrogens is 328 g/mol. The molecule has 6 nitrogen and oxygen atoms in total. The van der Waals surface area contributed by atoms with Gasteiger partial charge in [-0.1, -0.05) is 32.0 Å². The minimum Gasteiger partial charge on any atom is -0.336 e. The minimum absolute atomic E-state index is 0.0319. The minimum atomic E-state index is -0.123. The van der Waals surface area contributed by atoms with Crippen LogP contribution in [0.15, 0.2) is 36.5 Å². The number of amides is 3. The number of aromatic nitrogens is 1. The maximum Gasteiger partial charge on any atom is 0.317 e. The molecule has 2 unspecified atom stereocenters. The van der Waals surface area contributed by atoms with Crippen LogP contribution in [0.3, 0.4) is 0 Å². The van der Waals surface area contributed by atoms with Crippen LogP contribution in [-0.2, 0) is 0 Å². The van der Waals surface area contributed by atoms with Crippen molar-refractivity contribution in [3.63, 3.8) is 0 Å². The number of fused-ring (bicyclic) bond motifs is 1. The van der Waals surface area contributed by atoms with E-state index < -0.39 is 0 Å². The van der Waals surface area contributed by atoms with Crippen molar-refractivity contribution in [2.75, 3.05) is 27.2 Å². The van der Waals surface area contributed by atoms with Crippen molar-refractivity contribution in [3.8, 4) is 0 Å². The van der Waals surface area contributed by atoms with Crippen LogP contribution in [0, 0.1) is 11.8 Å². The SMILES string of the molecule is CC(C)C1CN(C(=O)c2cnc3ccccc3c2)CC1NC(=O)N(C)C. The zero-order valence-electron chi connectivity index (χ0n) is 15.8. The largest absolute Gasteiger partial charge is 0.336 e. The van der Waals surface area contributed by atoms with Gasteiger partial charge in [0.1, 0.15) is 0 Å². The third-order valence-corrected chi connectivity index (χ3v) is 5.06. The van der Waals surface area contributed by atoms with E-state index in [2.05, 4.69) is 24.1 Å². The molecule has 0 saturated carbocycles. The highest BCUT2D eigenvalue weighted by Crippen LogP contribution is 2.26. The van der Waals surface area contributed by atoms with Crippen LogP contribution in [0.5, 0.6) is 0 Å². The predicted octanol–water partition coefficient (Wildman–Crippen LogP) is 2.60. The van der Waals surface area contributed by atoms with Gasteiger partial charge in [0.05, 0.1) is 17.1 Å². The summed E-state index contributed by atoms with van der Waals surface area (Å²) in [6, 6.07) is 9.49. The Kier molecular flexibility index (Phi) is 5.11. The zero-order chi connectivity index (χ0) is 18.8. The molecule has 1 aromatic carbocycles. The number of hydrogen-bond donors (Lipinski definition) is 1. The summed E-state index contributed by atoms with van der Waals surface area (Å²) in [4.78, 5) is 32.8. The third-order valence-electron chi connectivity index (χ3n) is 5.06. The highest BCUT2D eigenvalue weighted by atomic mass is 16.2. The van der Waals surface area contributed by atoms with E-state index in [1.807, 2.05) is 35.2 Å². The number of benzene rings is 1. The van der Waals surface area contributed by atoms with E-state index in [0.717, 1.165) is 10.9 Å². The van der Waals surface area contributed by atoms with Crippen molar-refractivity contribution in [1.82, 2.24) is 20.1 Å². The molecule has 1 aromatic heterocycles. The molecule has 6 heteroatoms. The molecule has 26 heavy (non-hydrogen) atoms. The molecule has 0 radical (unpaired) electrons. The van der Waals surface area contributed by atoms with Crippen molar-refractivity contribution in [2.24, 2.45) is 11.8 Å². The lowest BCUT2D eigenvalue weighted by Gasteiger charge is -2.24. The molecule has 1 saturated heterocycles. The van der Waals surface area contributed by atoms with Crippen LogP contribution in [0.2, 0.25) is 0 Å². The van der Waals surface area contributed by atoms with Gasteiger partial charge >= 0.3 is 6.03 Å². The number of carbonyl (C=O) groups is 2. The summed E-state index contributed by atoms with van der Waals surface area (Å²) >= 11 is 0. The van der Waals surface area contributed by atoms with Gasteiger partial charge < -0.3 is 15.1 Å². The first-order valence-corrected chi connectivity index (χ1v) is 8.98. The van der Waals surface area contributed by atoms with Crippen LogP contribution in [0.1, 0.15) is 24.2 Å². The van der Waals surface area contributed by atoms with Gasteiger partial charge in [0.15, 0.2) is 0 Å². The van der Waals surface area contributed by atoms with E-state index in [9.17, 15) is 9.59 Å². The molecule has 0 spiro atoms. The maximum absolute atomic E-state index is 13.0. The summed E-state index contributed by atoms with van der Waals surface area (Å²) in [6.07, 6.45) is 1.64. The first-order valence-electron chi connectivity index (χ1n) is 8.98. The number of pyridine rings is 1. The van der Waals surface area contributed by atoms with Gasteiger partial charge in [-0.2, -0.15) is 0 Å². The lowest BCUT2D eigenvalue weighted by atomic mass is 9.91. The van der Waals surface area contributed by atoms with Crippen molar-refractivity contribution in [1.29, 1.82) is 0 Å². The first-order chi connectivity index (χ1) is 12.4. The average molecular weight is 354 g/mol. The Labute approximate surface area is 154 Å². The first kappa shape index (κ1) is 18.2. The number of rotatable bonds is 3. The number of carbonyl (C=O) groups excluding carboxylic acids is 2. The second-order valence-corrected chi connectivity index (χ2v) is 7.49. The summed E-state index contributed by atoms with van der Waals surface area (Å²) in [5.74, 6) is 0.571. The van der Waals surface area contributed by atoms with E-state index in [0.29, 0.717) is 24.6 Å². The number of nitrogens with one attached hydrogen (secondary N) is 1. The van der Waals surface area contributed by atoms with Crippen LogP contribution in [-0.4, -0.2) is 59.9 Å². The highest BCUT2D eigenvalue weighted by Gasteiger charge is 2.38. The van der Waals surface area contributed by atoms with Gasteiger partial charge in [0, 0.05) is 44.7 Å². The molecule has 3 rings (SSSR count). The molecule has 2 aromatic rings. The van der Waals surface area contributed by atoms with Crippen LogP contribution < -0.4 is 5.32 Å². The van der Waals surface area contributed by atoms with Gasteiger partial charge in [0.25, 0.3) is 5.91 Å². The van der Waals surface area contributed by atoms with E-state index in [4.69, 9.17) is 0 Å². The van der Waals surface area contributed by atoms with Gasteiger partial charge in [-0.15, -0.1) is 0 Å². The fourth-order valence-electron chi connectivity index (χ4n) is 3.48. The Hall–Kier alpha value is -2.63. The summed E-state index contributed by atoms with van der Waals surface area (Å²) in [7, 11) is 3.44. The van der Waals surface area contributed by atoms with Crippen molar-refractivity contribution in [3.05, 3.63) is 42.1 Å². The fraction of sp³-hybridized carbons (Fsp3) is 0.450. The molecule has 2 heterocycles. The summed E-state index contributed by atoms with van der Waals surface area (Å²) in [6.45, 7) is 5.42. The lowest BCUT2D eigenvalue weighted by Crippen LogP contribution is -2.46. The second-order valence-electron chi connectivity index (χ2n) is 7.49. The van der Waals surface area contributed by atoms with Gasteiger partial charge in [-0.25, -0.2) is 4.79 Å².